The average Bonchev–Trinajstić information content (AvgIpc) is 3.19. The number of hydrogen-bond donors (Lipinski definition) is 0. The van der Waals surface area contributed by atoms with Gasteiger partial charge in [0.05, 0.1) is 26.9 Å². The van der Waals surface area contributed by atoms with Crippen molar-refractivity contribution in [3.8, 4) is 28.7 Å². The Morgan fingerprint density at radius 1 is 0.882 bits per heavy atom. The zero-order chi connectivity index (χ0) is 24.2. The van der Waals surface area contributed by atoms with Gasteiger partial charge in [-0.2, -0.15) is 0 Å². The number of fused-ring (bicyclic) bond motifs is 1. The molecule has 0 unspecified atom stereocenters. The highest BCUT2D eigenvalue weighted by Gasteiger charge is 2.30. The predicted octanol–water partition coefficient (Wildman–Crippen LogP) is 5.86. The van der Waals surface area contributed by atoms with Crippen LogP contribution in [0.3, 0.4) is 0 Å². The van der Waals surface area contributed by atoms with Crippen molar-refractivity contribution in [1.29, 1.82) is 0 Å². The molecule has 174 valence electrons. The minimum atomic E-state index is -0.196. The number of allylic oxidation sites excluding steroid dienone is 1. The van der Waals surface area contributed by atoms with E-state index in [9.17, 15) is 4.79 Å². The molecule has 0 aliphatic carbocycles. The molecule has 1 heterocycles. The van der Waals surface area contributed by atoms with Crippen LogP contribution < -0.4 is 23.7 Å². The molecule has 3 aromatic rings. The summed E-state index contributed by atoms with van der Waals surface area (Å²) in [7, 11) is 4.62. The smallest absolute Gasteiger partial charge is 0.231 e. The Labute approximate surface area is 199 Å². The van der Waals surface area contributed by atoms with Crippen LogP contribution in [0.1, 0.15) is 32.6 Å². The summed E-state index contributed by atoms with van der Waals surface area (Å²) in [6, 6.07) is 15.0. The van der Waals surface area contributed by atoms with Crippen LogP contribution in [0.2, 0.25) is 0 Å². The second-order valence-corrected chi connectivity index (χ2v) is 7.70. The number of methoxy groups -OCH3 is 3. The van der Waals surface area contributed by atoms with Crippen LogP contribution in [0, 0.1) is 6.92 Å². The Balaban J connectivity index is 1.58. The molecule has 6 nitrogen and oxygen atoms in total. The van der Waals surface area contributed by atoms with Gasteiger partial charge in [-0.05, 0) is 54.0 Å². The molecule has 0 atom stereocenters. The fraction of sp³-hybridized carbons (Fsp3) is 0.179. The van der Waals surface area contributed by atoms with Crippen LogP contribution in [-0.4, -0.2) is 27.1 Å². The largest absolute Gasteiger partial charge is 0.493 e. The number of carbonyl (C=O) groups excluding carboxylic acids is 1. The van der Waals surface area contributed by atoms with E-state index >= 15 is 0 Å². The zero-order valence-electron chi connectivity index (χ0n) is 19.6. The van der Waals surface area contributed by atoms with Crippen LogP contribution in [0.4, 0.5) is 0 Å². The summed E-state index contributed by atoms with van der Waals surface area (Å²) in [5, 5.41) is 0. The highest BCUT2D eigenvalue weighted by atomic mass is 16.5. The molecule has 1 aliphatic rings. The molecule has 0 bridgehead atoms. The second kappa shape index (κ2) is 9.75. The van der Waals surface area contributed by atoms with E-state index in [1.807, 2.05) is 31.2 Å². The number of carbonyl (C=O) groups is 1. The minimum absolute atomic E-state index is 0.196. The predicted molar refractivity (Wildman–Crippen MR) is 131 cm³/mol. The third-order valence-electron chi connectivity index (χ3n) is 5.63. The van der Waals surface area contributed by atoms with Gasteiger partial charge in [0.2, 0.25) is 11.5 Å². The maximum Gasteiger partial charge on any atom is 0.231 e. The summed E-state index contributed by atoms with van der Waals surface area (Å²) >= 11 is 0. The monoisotopic (exact) mass is 458 g/mol. The van der Waals surface area contributed by atoms with E-state index in [0.29, 0.717) is 46.5 Å². The molecule has 0 radical (unpaired) electrons. The summed E-state index contributed by atoms with van der Waals surface area (Å²) < 4.78 is 28.2. The van der Waals surface area contributed by atoms with Crippen molar-refractivity contribution in [2.24, 2.45) is 0 Å². The first-order chi connectivity index (χ1) is 16.5. The summed E-state index contributed by atoms with van der Waals surface area (Å²) in [4.78, 5) is 13.0. The molecule has 0 saturated carbocycles. The Morgan fingerprint density at radius 2 is 1.56 bits per heavy atom. The van der Waals surface area contributed by atoms with Gasteiger partial charge >= 0.3 is 0 Å². The Bertz CT molecular complexity index is 1250. The number of benzene rings is 3. The molecule has 0 aromatic heterocycles. The van der Waals surface area contributed by atoms with Crippen molar-refractivity contribution in [1.82, 2.24) is 0 Å². The van der Waals surface area contributed by atoms with Crippen LogP contribution in [-0.2, 0) is 6.61 Å². The molecular weight excluding hydrogens is 432 g/mol. The van der Waals surface area contributed by atoms with E-state index < -0.39 is 0 Å². The lowest BCUT2D eigenvalue weighted by atomic mass is 10.1. The van der Waals surface area contributed by atoms with Gasteiger partial charge in [-0.3, -0.25) is 4.79 Å². The second-order valence-electron chi connectivity index (χ2n) is 7.70. The van der Waals surface area contributed by atoms with E-state index in [4.69, 9.17) is 23.7 Å². The number of rotatable bonds is 8. The van der Waals surface area contributed by atoms with Gasteiger partial charge in [-0.15, -0.1) is 0 Å². The topological polar surface area (TPSA) is 63.2 Å². The van der Waals surface area contributed by atoms with Crippen molar-refractivity contribution >= 4 is 17.9 Å². The van der Waals surface area contributed by atoms with Crippen LogP contribution in [0.25, 0.3) is 12.2 Å². The van der Waals surface area contributed by atoms with Crippen LogP contribution in [0.15, 0.2) is 60.9 Å². The van der Waals surface area contributed by atoms with Crippen molar-refractivity contribution in [2.45, 2.75) is 13.5 Å². The van der Waals surface area contributed by atoms with E-state index in [1.165, 1.54) is 7.11 Å². The van der Waals surface area contributed by atoms with E-state index in [1.54, 1.807) is 50.6 Å². The van der Waals surface area contributed by atoms with Gasteiger partial charge in [0.25, 0.3) is 0 Å². The molecule has 0 spiro atoms. The van der Waals surface area contributed by atoms with Crippen LogP contribution in [0.5, 0.6) is 28.7 Å². The molecule has 4 rings (SSSR count). The van der Waals surface area contributed by atoms with Crippen molar-refractivity contribution in [2.75, 3.05) is 21.3 Å². The van der Waals surface area contributed by atoms with Gasteiger partial charge in [-0.25, -0.2) is 0 Å². The molecule has 0 amide bonds. The number of hydrogen-bond acceptors (Lipinski definition) is 6. The molecular formula is C28H26O6. The molecule has 3 aromatic carbocycles. The molecule has 0 saturated heterocycles. The Kier molecular flexibility index (Phi) is 6.59. The lowest BCUT2D eigenvalue weighted by Gasteiger charge is -2.13. The number of ketones is 1. The lowest BCUT2D eigenvalue weighted by molar-refractivity contribution is 0.101. The highest BCUT2D eigenvalue weighted by molar-refractivity contribution is 6.15. The first kappa shape index (κ1) is 23.0. The van der Waals surface area contributed by atoms with Gasteiger partial charge in [-0.1, -0.05) is 36.9 Å². The maximum atomic E-state index is 13.0. The van der Waals surface area contributed by atoms with Crippen molar-refractivity contribution in [3.63, 3.8) is 0 Å². The molecule has 6 heteroatoms. The van der Waals surface area contributed by atoms with Gasteiger partial charge < -0.3 is 23.7 Å². The normalized spacial score (nSPS) is 13.3. The third kappa shape index (κ3) is 4.35. The average molecular weight is 459 g/mol. The minimum Gasteiger partial charge on any atom is -0.493 e. The van der Waals surface area contributed by atoms with Gasteiger partial charge in [0.1, 0.15) is 18.1 Å². The Hall–Kier alpha value is -4.19. The highest BCUT2D eigenvalue weighted by Crippen LogP contribution is 2.42. The summed E-state index contributed by atoms with van der Waals surface area (Å²) in [6.45, 7) is 6.05. The van der Waals surface area contributed by atoms with Gasteiger partial charge in [0, 0.05) is 5.56 Å². The molecule has 34 heavy (non-hydrogen) atoms. The van der Waals surface area contributed by atoms with E-state index in [2.05, 4.69) is 6.58 Å². The fourth-order valence-corrected chi connectivity index (χ4v) is 3.77. The van der Waals surface area contributed by atoms with Crippen molar-refractivity contribution in [3.05, 3.63) is 88.7 Å². The Morgan fingerprint density at radius 3 is 2.15 bits per heavy atom. The SMILES string of the molecule is C=Cc1ccc(COc2ccc3c(c2C)O/C(=C\c2cc(OC)c(OC)c(OC)c2)C3=O)cc1. The lowest BCUT2D eigenvalue weighted by Crippen LogP contribution is -1.99. The van der Waals surface area contributed by atoms with E-state index in [0.717, 1.165) is 16.7 Å². The molecule has 0 N–H and O–H groups in total. The third-order valence-corrected chi connectivity index (χ3v) is 5.63. The van der Waals surface area contributed by atoms with Gasteiger partial charge in [0.15, 0.2) is 17.3 Å². The number of ether oxygens (including phenoxy) is 5. The first-order valence-corrected chi connectivity index (χ1v) is 10.7. The van der Waals surface area contributed by atoms with E-state index in [-0.39, 0.29) is 11.5 Å². The fourth-order valence-electron chi connectivity index (χ4n) is 3.77. The molecule has 0 fully saturated rings. The zero-order valence-corrected chi connectivity index (χ0v) is 19.6. The summed E-state index contributed by atoms with van der Waals surface area (Å²) in [5.41, 5.74) is 4.03. The van der Waals surface area contributed by atoms with Crippen molar-refractivity contribution < 1.29 is 28.5 Å². The quantitative estimate of drug-likeness (QED) is 0.394. The van der Waals surface area contributed by atoms with Crippen LogP contribution >= 0.6 is 0 Å². The molecule has 1 aliphatic heterocycles. The standard InChI is InChI=1S/C28H26O6/c1-6-18-7-9-19(10-8-18)16-33-22-12-11-21-26(29)23(34-27(21)17(22)2)13-20-14-24(30-3)28(32-5)25(15-20)31-4/h6-15H,1,16H2,2-5H3/b23-13-. The number of Topliss-reactive ketones (excluding diaryl/α,β-unsaturated/α-hetero) is 1. The maximum absolute atomic E-state index is 13.0. The first-order valence-electron chi connectivity index (χ1n) is 10.7. The summed E-state index contributed by atoms with van der Waals surface area (Å²) in [6.07, 6.45) is 3.46. The summed E-state index contributed by atoms with van der Waals surface area (Å²) in [5.74, 6) is 2.64.